The van der Waals surface area contributed by atoms with Crippen LogP contribution in [0.4, 0.5) is 4.79 Å². The molecule has 1 aliphatic heterocycles. The van der Waals surface area contributed by atoms with Gasteiger partial charge in [0.05, 0.1) is 18.3 Å². The lowest BCUT2D eigenvalue weighted by atomic mass is 9.81. The SMILES string of the molecule is COc1ccc2c(c1)C1CC1(NC(=O)OC(C)(C)C)Cn1c-2c(C2CCCCC2)c2ccc(C(=O)NS(=O)(=O)N(C)C)cc21. The summed E-state index contributed by atoms with van der Waals surface area (Å²) in [4.78, 5) is 26.4. The van der Waals surface area contributed by atoms with Crippen LogP contribution in [0.3, 0.4) is 0 Å². The fraction of sp³-hybridized carbons (Fsp3) is 0.515. The minimum Gasteiger partial charge on any atom is -0.497 e. The van der Waals surface area contributed by atoms with Crippen molar-refractivity contribution < 1.29 is 27.5 Å². The largest absolute Gasteiger partial charge is 0.497 e. The standard InChI is InChI=1S/C33H42N4O6S/c1-32(2,3)43-31(39)34-33-18-26(33)25-17-22(42-6)13-15-23(25)29-28(20-10-8-7-9-11-20)24-14-12-21(16-27(24)37(29)19-33)30(38)35-44(40,41)36(4)5/h12-17,20,26H,7-11,18-19H2,1-6H3,(H,34,39)(H,35,38). The summed E-state index contributed by atoms with van der Waals surface area (Å²) in [7, 11) is 0.436. The van der Waals surface area contributed by atoms with Gasteiger partial charge in [0, 0.05) is 48.6 Å². The van der Waals surface area contributed by atoms with Gasteiger partial charge in [-0.3, -0.25) is 4.79 Å². The molecule has 3 aliphatic rings. The Labute approximate surface area is 259 Å². The number of carbonyl (C=O) groups is 2. The maximum absolute atomic E-state index is 13.2. The van der Waals surface area contributed by atoms with E-state index in [1.165, 1.54) is 26.1 Å². The number of alkyl carbamates (subject to hydrolysis) is 1. The van der Waals surface area contributed by atoms with Crippen LogP contribution in [0.15, 0.2) is 36.4 Å². The van der Waals surface area contributed by atoms with Crippen molar-refractivity contribution >= 4 is 33.1 Å². The molecule has 2 unspecified atom stereocenters. The van der Waals surface area contributed by atoms with Crippen molar-refractivity contribution in [3.8, 4) is 17.0 Å². The van der Waals surface area contributed by atoms with Gasteiger partial charge in [0.25, 0.3) is 5.91 Å². The summed E-state index contributed by atoms with van der Waals surface area (Å²) in [5.41, 5.74) is 4.42. The quantitative estimate of drug-likeness (QED) is 0.366. The average molecular weight is 623 g/mol. The summed E-state index contributed by atoms with van der Waals surface area (Å²) >= 11 is 0. The first-order valence-corrected chi connectivity index (χ1v) is 16.8. The van der Waals surface area contributed by atoms with Gasteiger partial charge in [-0.05, 0) is 87.4 Å². The Morgan fingerprint density at radius 3 is 2.43 bits per heavy atom. The Hall–Kier alpha value is -3.57. The van der Waals surface area contributed by atoms with Crippen LogP contribution >= 0.6 is 0 Å². The Bertz CT molecular complexity index is 1750. The summed E-state index contributed by atoms with van der Waals surface area (Å²) in [5, 5.41) is 4.28. The van der Waals surface area contributed by atoms with Crippen molar-refractivity contribution in [1.82, 2.24) is 18.9 Å². The zero-order valence-corrected chi connectivity index (χ0v) is 27.1. The predicted molar refractivity (Wildman–Crippen MR) is 169 cm³/mol. The van der Waals surface area contributed by atoms with Gasteiger partial charge in [0.2, 0.25) is 0 Å². The lowest BCUT2D eigenvalue weighted by molar-refractivity contribution is 0.0489. The van der Waals surface area contributed by atoms with E-state index in [4.69, 9.17) is 9.47 Å². The Kier molecular flexibility index (Phi) is 7.48. The van der Waals surface area contributed by atoms with Gasteiger partial charge >= 0.3 is 16.3 Å². The van der Waals surface area contributed by atoms with Gasteiger partial charge in [0.15, 0.2) is 0 Å². The number of fused-ring (bicyclic) bond motifs is 7. The topological polar surface area (TPSA) is 119 Å². The van der Waals surface area contributed by atoms with E-state index in [0.29, 0.717) is 12.5 Å². The predicted octanol–water partition coefficient (Wildman–Crippen LogP) is 5.67. The van der Waals surface area contributed by atoms with Crippen LogP contribution in [-0.4, -0.2) is 61.6 Å². The Morgan fingerprint density at radius 1 is 1.05 bits per heavy atom. The van der Waals surface area contributed by atoms with Gasteiger partial charge in [0.1, 0.15) is 11.4 Å². The summed E-state index contributed by atoms with van der Waals surface area (Å²) in [6.07, 6.45) is 5.94. The van der Waals surface area contributed by atoms with Gasteiger partial charge in [-0.1, -0.05) is 25.3 Å². The maximum Gasteiger partial charge on any atom is 0.408 e. The summed E-state index contributed by atoms with van der Waals surface area (Å²) in [6.45, 7) is 6.02. The van der Waals surface area contributed by atoms with Crippen LogP contribution in [-0.2, 0) is 21.5 Å². The number of nitrogens with one attached hydrogen (secondary N) is 2. The van der Waals surface area contributed by atoms with Crippen molar-refractivity contribution in [3.63, 3.8) is 0 Å². The van der Waals surface area contributed by atoms with Gasteiger partial charge in [-0.25, -0.2) is 9.52 Å². The first-order valence-electron chi connectivity index (χ1n) is 15.3. The summed E-state index contributed by atoms with van der Waals surface area (Å²) in [6, 6.07) is 11.6. The molecule has 0 bridgehead atoms. The molecule has 10 nitrogen and oxygen atoms in total. The number of nitrogens with zero attached hydrogens (tertiary/aromatic N) is 2. The fourth-order valence-corrected chi connectivity index (χ4v) is 7.60. The molecule has 0 spiro atoms. The monoisotopic (exact) mass is 622 g/mol. The van der Waals surface area contributed by atoms with Crippen LogP contribution < -0.4 is 14.8 Å². The molecule has 44 heavy (non-hydrogen) atoms. The number of carbonyl (C=O) groups excluding carboxylic acids is 2. The Balaban J connectivity index is 1.55. The molecule has 236 valence electrons. The fourth-order valence-electron chi connectivity index (χ4n) is 7.07. The van der Waals surface area contributed by atoms with Crippen molar-refractivity contribution in [2.45, 2.75) is 88.8 Å². The third-order valence-electron chi connectivity index (χ3n) is 9.24. The minimum atomic E-state index is -3.97. The summed E-state index contributed by atoms with van der Waals surface area (Å²) < 4.78 is 41.7. The first-order chi connectivity index (χ1) is 20.7. The molecule has 2 saturated carbocycles. The van der Waals surface area contributed by atoms with Crippen LogP contribution in [0.25, 0.3) is 22.2 Å². The average Bonchev–Trinajstić information content (AvgIpc) is 3.58. The Morgan fingerprint density at radius 2 is 1.77 bits per heavy atom. The van der Waals surface area contributed by atoms with Crippen LogP contribution in [0, 0.1) is 0 Å². The third-order valence-corrected chi connectivity index (χ3v) is 10.6. The van der Waals surface area contributed by atoms with Gasteiger partial charge in [-0.2, -0.15) is 12.7 Å². The van der Waals surface area contributed by atoms with Crippen LogP contribution in [0.5, 0.6) is 5.75 Å². The van der Waals surface area contributed by atoms with Crippen molar-refractivity contribution in [2.75, 3.05) is 21.2 Å². The normalized spacial score (nSPS) is 21.6. The highest BCUT2D eigenvalue weighted by Gasteiger charge is 2.59. The lowest BCUT2D eigenvalue weighted by Crippen LogP contribution is -2.44. The zero-order valence-electron chi connectivity index (χ0n) is 26.3. The van der Waals surface area contributed by atoms with E-state index in [9.17, 15) is 18.0 Å². The number of benzene rings is 2. The number of amides is 2. The molecule has 2 fully saturated rings. The second kappa shape index (κ2) is 10.8. The molecular formula is C33H42N4O6S. The van der Waals surface area contributed by atoms with Gasteiger partial charge in [-0.15, -0.1) is 0 Å². The molecule has 2 heterocycles. The summed E-state index contributed by atoms with van der Waals surface area (Å²) in [5.74, 6) is 0.452. The molecule has 2 N–H and O–H groups in total. The number of rotatable bonds is 6. The number of aromatic nitrogens is 1. The molecule has 1 aromatic heterocycles. The second-order valence-corrected chi connectivity index (χ2v) is 15.5. The second-order valence-electron chi connectivity index (χ2n) is 13.6. The van der Waals surface area contributed by atoms with E-state index in [0.717, 1.165) is 69.9 Å². The van der Waals surface area contributed by atoms with Crippen molar-refractivity contribution in [2.24, 2.45) is 0 Å². The highest BCUT2D eigenvalue weighted by Crippen LogP contribution is 2.60. The van der Waals surface area contributed by atoms with Crippen LogP contribution in [0.2, 0.25) is 0 Å². The molecule has 11 heteroatoms. The first kappa shape index (κ1) is 30.5. The van der Waals surface area contributed by atoms with E-state index in [1.54, 1.807) is 19.2 Å². The smallest absolute Gasteiger partial charge is 0.408 e. The van der Waals surface area contributed by atoms with E-state index in [2.05, 4.69) is 26.7 Å². The number of hydrogen-bond acceptors (Lipinski definition) is 6. The van der Waals surface area contributed by atoms with Crippen LogP contribution in [0.1, 0.15) is 92.6 Å². The van der Waals surface area contributed by atoms with E-state index in [-0.39, 0.29) is 11.5 Å². The highest BCUT2D eigenvalue weighted by atomic mass is 32.2. The van der Waals surface area contributed by atoms with E-state index >= 15 is 0 Å². The molecule has 3 aromatic rings. The lowest BCUT2D eigenvalue weighted by Gasteiger charge is -2.25. The molecule has 0 radical (unpaired) electrons. The molecule has 2 aromatic carbocycles. The third kappa shape index (κ3) is 5.45. The molecule has 2 atom stereocenters. The maximum atomic E-state index is 13.2. The molecule has 6 rings (SSSR count). The zero-order chi connectivity index (χ0) is 31.6. The van der Waals surface area contributed by atoms with E-state index < -0.39 is 33.3 Å². The minimum absolute atomic E-state index is 0.0472. The van der Waals surface area contributed by atoms with Crippen molar-refractivity contribution in [1.29, 1.82) is 0 Å². The van der Waals surface area contributed by atoms with Crippen molar-refractivity contribution in [3.05, 3.63) is 53.1 Å². The van der Waals surface area contributed by atoms with Gasteiger partial charge < -0.3 is 19.4 Å². The molecule has 0 saturated heterocycles. The molecular weight excluding hydrogens is 580 g/mol. The highest BCUT2D eigenvalue weighted by molar-refractivity contribution is 7.87. The number of methoxy groups -OCH3 is 1. The number of hydrogen-bond donors (Lipinski definition) is 2. The number of ether oxygens (including phenoxy) is 2. The molecule has 2 amide bonds. The van der Waals surface area contributed by atoms with E-state index in [1.807, 2.05) is 32.9 Å². The molecule has 2 aliphatic carbocycles.